The van der Waals surface area contributed by atoms with Crippen LogP contribution in [0.3, 0.4) is 0 Å². The molecule has 1 saturated heterocycles. The van der Waals surface area contributed by atoms with E-state index in [9.17, 15) is 0 Å². The lowest BCUT2D eigenvalue weighted by Gasteiger charge is -2.36. The summed E-state index contributed by atoms with van der Waals surface area (Å²) in [5, 5.41) is 7.96. The molecule has 3 unspecified atom stereocenters. The molecule has 0 amide bonds. The van der Waals surface area contributed by atoms with Gasteiger partial charge in [0, 0.05) is 18.2 Å². The highest BCUT2D eigenvalue weighted by molar-refractivity contribution is 8.13. The minimum absolute atomic E-state index is 0.139. The van der Waals surface area contributed by atoms with Crippen LogP contribution in [0.1, 0.15) is 69.7 Å². The van der Waals surface area contributed by atoms with Gasteiger partial charge in [-0.1, -0.05) is 82.3 Å². The van der Waals surface area contributed by atoms with Crippen molar-refractivity contribution in [2.45, 2.75) is 76.4 Å². The fraction of sp³-hybridized carbons (Fsp3) is 0.464. The molecule has 2 aromatic rings. The predicted octanol–water partition coefficient (Wildman–Crippen LogP) is 5.70. The minimum atomic E-state index is 0.139. The molecule has 3 atom stereocenters. The van der Waals surface area contributed by atoms with Crippen molar-refractivity contribution in [3.8, 4) is 5.75 Å². The van der Waals surface area contributed by atoms with Crippen molar-refractivity contribution < 1.29 is 4.74 Å². The van der Waals surface area contributed by atoms with E-state index in [-0.39, 0.29) is 17.6 Å². The van der Waals surface area contributed by atoms with Gasteiger partial charge in [-0.2, -0.15) is 5.10 Å². The number of nitrogens with zero attached hydrogens (tertiary/aromatic N) is 3. The van der Waals surface area contributed by atoms with Crippen LogP contribution < -0.4 is 15.6 Å². The highest BCUT2D eigenvalue weighted by atomic mass is 32.2. The van der Waals surface area contributed by atoms with Gasteiger partial charge in [-0.3, -0.25) is 5.43 Å². The van der Waals surface area contributed by atoms with E-state index >= 15 is 0 Å². The Morgan fingerprint density at radius 1 is 1.06 bits per heavy atom. The molecule has 35 heavy (non-hydrogen) atoms. The second-order valence-corrected chi connectivity index (χ2v) is 11.5. The van der Waals surface area contributed by atoms with Gasteiger partial charge < -0.3 is 14.6 Å². The number of unbranched alkanes of at least 4 members (excludes halogenated alkanes) is 1. The zero-order valence-electron chi connectivity index (χ0n) is 21.2. The summed E-state index contributed by atoms with van der Waals surface area (Å²) in [4.78, 5) is 2.28. The molecule has 1 fully saturated rings. The SMILES string of the molecule is CCCCOc1ccc(C2CC3C4NN=C(SCc5ccc(C(C)(C)C)cc5)N4C=CN3N2)cc1. The van der Waals surface area contributed by atoms with Crippen molar-refractivity contribution in [1.82, 2.24) is 20.8 Å². The quantitative estimate of drug-likeness (QED) is 0.485. The zero-order valence-corrected chi connectivity index (χ0v) is 22.0. The van der Waals surface area contributed by atoms with Crippen molar-refractivity contribution in [2.75, 3.05) is 6.61 Å². The fourth-order valence-corrected chi connectivity index (χ4v) is 5.68. The summed E-state index contributed by atoms with van der Waals surface area (Å²) >= 11 is 1.79. The average Bonchev–Trinajstić information content (AvgIpc) is 3.47. The average molecular weight is 492 g/mol. The third-order valence-corrected chi connectivity index (χ3v) is 7.98. The Labute approximate surface area is 213 Å². The first-order valence-electron chi connectivity index (χ1n) is 12.7. The van der Waals surface area contributed by atoms with Crippen LogP contribution in [0.2, 0.25) is 0 Å². The van der Waals surface area contributed by atoms with Crippen LogP contribution in [-0.4, -0.2) is 33.9 Å². The Bertz CT molecular complexity index is 1060. The molecule has 3 aliphatic rings. The summed E-state index contributed by atoms with van der Waals surface area (Å²) in [7, 11) is 0. The van der Waals surface area contributed by atoms with Crippen LogP contribution in [0.4, 0.5) is 0 Å². The third-order valence-electron chi connectivity index (χ3n) is 6.94. The van der Waals surface area contributed by atoms with Gasteiger partial charge in [0.25, 0.3) is 0 Å². The largest absolute Gasteiger partial charge is 0.494 e. The van der Waals surface area contributed by atoms with Crippen molar-refractivity contribution in [1.29, 1.82) is 0 Å². The lowest BCUT2D eigenvalue weighted by molar-refractivity contribution is 0.152. The van der Waals surface area contributed by atoms with Crippen molar-refractivity contribution in [3.63, 3.8) is 0 Å². The second kappa shape index (κ2) is 10.2. The van der Waals surface area contributed by atoms with Crippen LogP contribution in [0.15, 0.2) is 66.0 Å². The number of fused-ring (bicyclic) bond motifs is 3. The van der Waals surface area contributed by atoms with Gasteiger partial charge >= 0.3 is 0 Å². The number of hydrazone groups is 1. The van der Waals surface area contributed by atoms with E-state index in [0.717, 1.165) is 42.5 Å². The molecule has 5 rings (SSSR count). The van der Waals surface area contributed by atoms with Gasteiger partial charge in [0.1, 0.15) is 11.9 Å². The first kappa shape index (κ1) is 24.1. The standard InChI is InChI=1S/C28H37N5OS/c1-5-6-17-34-23-13-9-21(10-14-23)24-18-25-26-29-30-27(32(26)15-16-33(25)31-24)35-19-20-7-11-22(12-8-20)28(2,3)4/h7-16,24-26,29,31H,5-6,17-19H2,1-4H3. The van der Waals surface area contributed by atoms with E-state index in [1.54, 1.807) is 11.8 Å². The first-order valence-corrected chi connectivity index (χ1v) is 13.7. The van der Waals surface area contributed by atoms with Crippen molar-refractivity contribution in [2.24, 2.45) is 5.10 Å². The maximum atomic E-state index is 5.83. The highest BCUT2D eigenvalue weighted by Gasteiger charge is 2.44. The van der Waals surface area contributed by atoms with E-state index in [1.807, 2.05) is 0 Å². The smallest absolute Gasteiger partial charge is 0.189 e. The zero-order chi connectivity index (χ0) is 24.4. The van der Waals surface area contributed by atoms with Gasteiger partial charge in [-0.05, 0) is 47.1 Å². The van der Waals surface area contributed by atoms with Crippen LogP contribution in [-0.2, 0) is 11.2 Å². The molecule has 7 heteroatoms. The van der Waals surface area contributed by atoms with Crippen LogP contribution in [0, 0.1) is 0 Å². The van der Waals surface area contributed by atoms with Gasteiger partial charge in [0.15, 0.2) is 5.17 Å². The Hall–Kier alpha value is -2.64. The number of thioether (sulfide) groups is 1. The maximum absolute atomic E-state index is 5.83. The minimum Gasteiger partial charge on any atom is -0.494 e. The third kappa shape index (κ3) is 5.31. The van der Waals surface area contributed by atoms with Crippen LogP contribution in [0.5, 0.6) is 5.75 Å². The lowest BCUT2D eigenvalue weighted by atomic mass is 9.87. The Morgan fingerprint density at radius 2 is 1.83 bits per heavy atom. The summed E-state index contributed by atoms with van der Waals surface area (Å²) in [6.45, 7) is 9.72. The molecule has 0 saturated carbocycles. The molecule has 0 bridgehead atoms. The number of ether oxygens (including phenoxy) is 1. The number of hydrazine groups is 1. The normalized spacial score (nSPS) is 23.1. The molecular weight excluding hydrogens is 454 g/mol. The van der Waals surface area contributed by atoms with Crippen LogP contribution in [0.25, 0.3) is 0 Å². The fourth-order valence-electron chi connectivity index (χ4n) is 4.75. The van der Waals surface area contributed by atoms with Gasteiger partial charge in [-0.25, -0.2) is 5.43 Å². The van der Waals surface area contributed by atoms with Gasteiger partial charge in [0.05, 0.1) is 18.7 Å². The molecule has 3 aliphatic heterocycles. The monoisotopic (exact) mass is 491 g/mol. The van der Waals surface area contributed by atoms with Crippen molar-refractivity contribution >= 4 is 16.9 Å². The highest BCUT2D eigenvalue weighted by Crippen LogP contribution is 2.36. The number of rotatable bonds is 7. The number of amidine groups is 1. The van der Waals surface area contributed by atoms with Crippen molar-refractivity contribution in [3.05, 3.63) is 77.6 Å². The molecule has 2 aromatic carbocycles. The van der Waals surface area contributed by atoms with E-state index in [1.165, 1.54) is 16.7 Å². The number of hydrogen-bond donors (Lipinski definition) is 2. The summed E-state index contributed by atoms with van der Waals surface area (Å²) in [5.74, 6) is 1.86. The second-order valence-electron chi connectivity index (χ2n) is 10.6. The van der Waals surface area contributed by atoms with Gasteiger partial charge in [-0.15, -0.1) is 0 Å². The van der Waals surface area contributed by atoms with Gasteiger partial charge in [0.2, 0.25) is 0 Å². The molecule has 0 radical (unpaired) electrons. The molecule has 0 spiro atoms. The number of hydrogen-bond acceptors (Lipinski definition) is 7. The van der Waals surface area contributed by atoms with Crippen LogP contribution >= 0.6 is 11.8 Å². The van der Waals surface area contributed by atoms with E-state index in [2.05, 4.69) is 109 Å². The molecule has 6 nitrogen and oxygen atoms in total. The van der Waals surface area contributed by atoms with E-state index in [0.29, 0.717) is 6.04 Å². The Kier molecular flexibility index (Phi) is 6.98. The lowest BCUT2D eigenvalue weighted by Crippen LogP contribution is -2.54. The summed E-state index contributed by atoms with van der Waals surface area (Å²) in [5.41, 5.74) is 11.2. The Morgan fingerprint density at radius 3 is 2.54 bits per heavy atom. The van der Waals surface area contributed by atoms with E-state index in [4.69, 9.17) is 9.84 Å². The molecule has 3 heterocycles. The summed E-state index contributed by atoms with van der Waals surface area (Å²) < 4.78 is 5.83. The Balaban J connectivity index is 1.17. The molecule has 186 valence electrons. The first-order chi connectivity index (χ1) is 16.9. The summed E-state index contributed by atoms with van der Waals surface area (Å²) in [6.07, 6.45) is 7.66. The molecule has 0 aliphatic carbocycles. The molecule has 0 aromatic heterocycles. The summed E-state index contributed by atoms with van der Waals surface area (Å²) in [6, 6.07) is 18.1. The van der Waals surface area contributed by atoms with E-state index < -0.39 is 0 Å². The predicted molar refractivity (Wildman–Crippen MR) is 145 cm³/mol. The topological polar surface area (TPSA) is 52.1 Å². The molecular formula is C28H37N5OS. The number of benzene rings is 2. The molecule has 2 N–H and O–H groups in total. The maximum Gasteiger partial charge on any atom is 0.189 e. The number of nitrogens with one attached hydrogen (secondary N) is 2.